The Morgan fingerprint density at radius 2 is 0.750 bits per heavy atom. The van der Waals surface area contributed by atoms with Crippen molar-refractivity contribution in [2.75, 3.05) is 47.5 Å². The number of carboxylic acids is 1. The maximum absolute atomic E-state index is 12.9. The molecule has 9 nitrogen and oxygen atoms in total. The highest BCUT2D eigenvalue weighted by Gasteiger charge is 2.22. The van der Waals surface area contributed by atoms with Gasteiger partial charge in [0.25, 0.3) is 0 Å². The van der Waals surface area contributed by atoms with Gasteiger partial charge in [-0.1, -0.05) is 239 Å². The molecule has 436 valence electrons. The maximum Gasteiger partial charge on any atom is 0.306 e. The van der Waals surface area contributed by atoms with E-state index in [1.807, 2.05) is 21.1 Å². The van der Waals surface area contributed by atoms with Crippen LogP contribution in [0.2, 0.25) is 0 Å². The van der Waals surface area contributed by atoms with Crippen LogP contribution in [0.5, 0.6) is 0 Å². The molecule has 9 heteroatoms. The molecular weight excluding hydrogens is 947 g/mol. The number of esters is 2. The summed E-state index contributed by atoms with van der Waals surface area (Å²) in [6, 6.07) is 0. The zero-order valence-corrected chi connectivity index (χ0v) is 49.6. The Bertz CT molecular complexity index is 1570. The van der Waals surface area contributed by atoms with Crippen molar-refractivity contribution in [2.45, 2.75) is 264 Å². The van der Waals surface area contributed by atoms with Crippen molar-refractivity contribution in [3.05, 3.63) is 97.2 Å². The fourth-order valence-electron chi connectivity index (χ4n) is 8.34. The summed E-state index contributed by atoms with van der Waals surface area (Å²) in [6.07, 6.45) is 74.6. The molecule has 0 aromatic rings. The highest BCUT2D eigenvalue weighted by Crippen LogP contribution is 2.16. The number of carbonyl (C=O) groups excluding carboxylic acids is 3. The van der Waals surface area contributed by atoms with Gasteiger partial charge in [0, 0.05) is 12.8 Å². The van der Waals surface area contributed by atoms with Gasteiger partial charge < -0.3 is 33.3 Å². The first-order valence-electron chi connectivity index (χ1n) is 30.9. The lowest BCUT2D eigenvalue weighted by atomic mass is 10.0. The molecule has 0 aromatic carbocycles. The maximum atomic E-state index is 12.9. The number of nitrogens with zero attached hydrogens (tertiary/aromatic N) is 1. The van der Waals surface area contributed by atoms with Gasteiger partial charge in [-0.15, -0.1) is 0 Å². The fraction of sp³-hybridized carbons (Fsp3) is 0.716. The Hall–Kier alpha value is -3.79. The monoisotopic (exact) mass is 1060 g/mol. The van der Waals surface area contributed by atoms with E-state index in [2.05, 4.69) is 111 Å². The molecule has 2 unspecified atom stereocenters. The molecule has 76 heavy (non-hydrogen) atoms. The smallest absolute Gasteiger partial charge is 0.306 e. The Balaban J connectivity index is 4.20. The second-order valence-corrected chi connectivity index (χ2v) is 21.6. The van der Waals surface area contributed by atoms with Gasteiger partial charge in [-0.3, -0.25) is 9.59 Å². The van der Waals surface area contributed by atoms with E-state index in [0.717, 1.165) is 103 Å². The van der Waals surface area contributed by atoms with E-state index in [4.69, 9.17) is 18.9 Å². The molecule has 0 aliphatic carbocycles. The predicted octanol–water partition coefficient (Wildman–Crippen LogP) is 17.2. The Labute approximate surface area is 467 Å². The zero-order chi connectivity index (χ0) is 55.5. The first kappa shape index (κ1) is 72.2. The first-order chi connectivity index (χ1) is 37.1. The zero-order valence-electron chi connectivity index (χ0n) is 49.6. The molecule has 0 rings (SSSR count). The number of carboxylic acid groups (broad SMARTS) is 1. The van der Waals surface area contributed by atoms with Gasteiger partial charge in [0.15, 0.2) is 12.4 Å². The number of aliphatic carboxylic acids is 1. The molecule has 0 amide bonds. The van der Waals surface area contributed by atoms with Crippen molar-refractivity contribution in [3.8, 4) is 0 Å². The van der Waals surface area contributed by atoms with Crippen LogP contribution in [0.4, 0.5) is 0 Å². The molecule has 0 N–H and O–H groups in total. The lowest BCUT2D eigenvalue weighted by Gasteiger charge is -2.26. The minimum absolute atomic E-state index is 0.143. The third kappa shape index (κ3) is 57.9. The summed E-state index contributed by atoms with van der Waals surface area (Å²) in [4.78, 5) is 37.3. The Morgan fingerprint density at radius 3 is 1.13 bits per heavy atom. The number of allylic oxidation sites excluding steroid dienone is 16. The van der Waals surface area contributed by atoms with Crippen molar-refractivity contribution < 1.29 is 42.9 Å². The SMILES string of the molecule is CC/C=C\C/C=C\C/C=C\C/C=C\C/C=C\C/C=C\C/C=C\CCCCCCCCCCCCCC(=O)OC(COC(=O)CCCCCCCCC/C=C\CCCCCCCCC)COC(OCC[N+](C)(C)C)C(=O)[O-]. The van der Waals surface area contributed by atoms with E-state index in [0.29, 0.717) is 17.4 Å². The Kier molecular flexibility index (Phi) is 54.5. The van der Waals surface area contributed by atoms with Crippen LogP contribution >= 0.6 is 0 Å². The van der Waals surface area contributed by atoms with E-state index < -0.39 is 24.3 Å². The van der Waals surface area contributed by atoms with Gasteiger partial charge in [0.1, 0.15) is 13.2 Å². The summed E-state index contributed by atoms with van der Waals surface area (Å²) in [5.41, 5.74) is 0. The minimum atomic E-state index is -1.63. The number of unbranched alkanes of at least 4 members (excludes halogenated alkanes) is 25. The van der Waals surface area contributed by atoms with Crippen LogP contribution in [0.15, 0.2) is 97.2 Å². The van der Waals surface area contributed by atoms with E-state index in [9.17, 15) is 19.5 Å². The average Bonchev–Trinajstić information content (AvgIpc) is 3.39. The quantitative estimate of drug-likeness (QED) is 0.0195. The highest BCUT2D eigenvalue weighted by molar-refractivity contribution is 5.70. The summed E-state index contributed by atoms with van der Waals surface area (Å²) in [5.74, 6) is -2.29. The molecule has 0 aromatic heterocycles. The predicted molar refractivity (Wildman–Crippen MR) is 320 cm³/mol. The molecule has 0 fully saturated rings. The second kappa shape index (κ2) is 57.4. The molecule has 0 aliphatic heterocycles. The van der Waals surface area contributed by atoms with Crippen LogP contribution in [-0.4, -0.2) is 82.3 Å². The number of rotatable bonds is 56. The van der Waals surface area contributed by atoms with Crippen molar-refractivity contribution in [1.82, 2.24) is 0 Å². The normalized spacial score (nSPS) is 13.4. The highest BCUT2D eigenvalue weighted by atomic mass is 16.7. The Morgan fingerprint density at radius 1 is 0.408 bits per heavy atom. The summed E-state index contributed by atoms with van der Waals surface area (Å²) in [6.45, 7) is 4.63. The molecular formula is C67H115NO8. The van der Waals surface area contributed by atoms with Crippen LogP contribution in [-0.2, 0) is 33.3 Å². The summed E-state index contributed by atoms with van der Waals surface area (Å²) >= 11 is 0. The van der Waals surface area contributed by atoms with Crippen LogP contribution < -0.4 is 5.11 Å². The van der Waals surface area contributed by atoms with Gasteiger partial charge in [-0.25, -0.2) is 0 Å². The number of hydrogen-bond donors (Lipinski definition) is 0. The number of quaternary nitrogens is 1. The van der Waals surface area contributed by atoms with Gasteiger partial charge in [-0.05, 0) is 96.3 Å². The van der Waals surface area contributed by atoms with E-state index in [-0.39, 0.29) is 38.6 Å². The third-order valence-electron chi connectivity index (χ3n) is 13.1. The van der Waals surface area contributed by atoms with Crippen LogP contribution in [0.3, 0.4) is 0 Å². The van der Waals surface area contributed by atoms with Crippen molar-refractivity contribution >= 4 is 17.9 Å². The third-order valence-corrected chi connectivity index (χ3v) is 13.1. The first-order valence-corrected chi connectivity index (χ1v) is 30.9. The number of carbonyl (C=O) groups is 3. The molecule has 0 bridgehead atoms. The number of likely N-dealkylation sites (N-methyl/N-ethyl adjacent to an activating group) is 1. The molecule has 0 aliphatic rings. The van der Waals surface area contributed by atoms with Gasteiger partial charge >= 0.3 is 11.9 Å². The summed E-state index contributed by atoms with van der Waals surface area (Å²) in [5, 5.41) is 11.8. The molecule has 0 spiro atoms. The molecule has 0 heterocycles. The number of ether oxygens (including phenoxy) is 4. The van der Waals surface area contributed by atoms with E-state index in [1.54, 1.807) is 0 Å². The topological polar surface area (TPSA) is 111 Å². The van der Waals surface area contributed by atoms with Crippen LogP contribution in [0.1, 0.15) is 251 Å². The largest absolute Gasteiger partial charge is 0.545 e. The molecule has 0 radical (unpaired) electrons. The molecule has 2 atom stereocenters. The van der Waals surface area contributed by atoms with Crippen molar-refractivity contribution in [3.63, 3.8) is 0 Å². The standard InChI is InChI=1S/C67H115NO8/c1-6-8-10-12-14-16-18-20-22-24-26-27-28-29-30-31-32-33-34-35-36-37-38-39-40-42-44-46-48-50-52-54-56-58-65(70)76-63(62-75-67(66(71)72)73-60-59-68(3,4)5)61-74-64(69)57-55-53-51-49-47-45-43-41-25-23-21-19-17-15-13-11-9-7-2/h8,10,14,16,20,22-23,25-27,29-30,32-33,35-36,63,67H,6-7,9,11-13,15,17-19,21,24,28,31,34,37-62H2,1-5H3/b10-8-,16-14-,22-20-,25-23-,27-26-,30-29-,33-32-,36-35-. The van der Waals surface area contributed by atoms with Crippen molar-refractivity contribution in [1.29, 1.82) is 0 Å². The molecule has 0 saturated carbocycles. The fourth-order valence-corrected chi connectivity index (χ4v) is 8.34. The summed E-state index contributed by atoms with van der Waals surface area (Å²) < 4.78 is 22.7. The van der Waals surface area contributed by atoms with Gasteiger partial charge in [-0.2, -0.15) is 0 Å². The minimum Gasteiger partial charge on any atom is -0.545 e. The van der Waals surface area contributed by atoms with Crippen LogP contribution in [0, 0.1) is 0 Å². The second-order valence-electron chi connectivity index (χ2n) is 21.6. The van der Waals surface area contributed by atoms with Gasteiger partial charge in [0.2, 0.25) is 0 Å². The van der Waals surface area contributed by atoms with E-state index >= 15 is 0 Å². The van der Waals surface area contributed by atoms with Crippen molar-refractivity contribution in [2.24, 2.45) is 0 Å². The van der Waals surface area contributed by atoms with Gasteiger partial charge in [0.05, 0.1) is 40.3 Å². The van der Waals surface area contributed by atoms with E-state index in [1.165, 1.54) is 116 Å². The lowest BCUT2D eigenvalue weighted by molar-refractivity contribution is -0.870. The van der Waals surface area contributed by atoms with Crippen LogP contribution in [0.25, 0.3) is 0 Å². The average molecular weight is 1060 g/mol. The number of hydrogen-bond acceptors (Lipinski definition) is 8. The lowest BCUT2D eigenvalue weighted by Crippen LogP contribution is -2.44. The molecule has 0 saturated heterocycles. The summed E-state index contributed by atoms with van der Waals surface area (Å²) in [7, 11) is 5.92.